The molecule has 1 aromatic carbocycles. The summed E-state index contributed by atoms with van der Waals surface area (Å²) in [6, 6.07) is 5.42. The minimum Gasteiger partial charge on any atom is -0.356 e. The highest BCUT2D eigenvalue weighted by Gasteiger charge is 2.15. The van der Waals surface area contributed by atoms with Crippen LogP contribution in [0.1, 0.15) is 36.0 Å². The number of hydrogen-bond acceptors (Lipinski definition) is 3. The Morgan fingerprint density at radius 2 is 1.91 bits per heavy atom. The van der Waals surface area contributed by atoms with Crippen LogP contribution in [0.15, 0.2) is 24.3 Å². The SMILES string of the molecule is O=C(CCC1CCNC1)NCCCNC(=O)c1ccc(F)cc1. The van der Waals surface area contributed by atoms with Gasteiger partial charge in [0.1, 0.15) is 5.82 Å². The van der Waals surface area contributed by atoms with Gasteiger partial charge in [0, 0.05) is 25.1 Å². The second-order valence-electron chi connectivity index (χ2n) is 5.86. The van der Waals surface area contributed by atoms with Crippen LogP contribution >= 0.6 is 0 Å². The van der Waals surface area contributed by atoms with E-state index in [4.69, 9.17) is 0 Å². The van der Waals surface area contributed by atoms with Gasteiger partial charge in [0.25, 0.3) is 5.91 Å². The van der Waals surface area contributed by atoms with Gasteiger partial charge in [-0.05, 0) is 62.5 Å². The average molecular weight is 321 g/mol. The molecule has 0 saturated carbocycles. The van der Waals surface area contributed by atoms with Gasteiger partial charge < -0.3 is 16.0 Å². The number of amides is 2. The first kappa shape index (κ1) is 17.4. The van der Waals surface area contributed by atoms with Crippen molar-refractivity contribution in [2.75, 3.05) is 26.2 Å². The Morgan fingerprint density at radius 1 is 1.17 bits per heavy atom. The van der Waals surface area contributed by atoms with Crippen molar-refractivity contribution in [3.63, 3.8) is 0 Å². The van der Waals surface area contributed by atoms with Crippen molar-refractivity contribution in [3.8, 4) is 0 Å². The fourth-order valence-electron chi connectivity index (χ4n) is 2.61. The van der Waals surface area contributed by atoms with Gasteiger partial charge in [-0.1, -0.05) is 0 Å². The summed E-state index contributed by atoms with van der Waals surface area (Å²) in [5.74, 6) is 0.0974. The zero-order chi connectivity index (χ0) is 16.5. The van der Waals surface area contributed by atoms with Crippen LogP contribution in [0.3, 0.4) is 0 Å². The van der Waals surface area contributed by atoms with Gasteiger partial charge in [-0.25, -0.2) is 4.39 Å². The smallest absolute Gasteiger partial charge is 0.251 e. The molecule has 0 aromatic heterocycles. The molecule has 1 atom stereocenters. The zero-order valence-corrected chi connectivity index (χ0v) is 13.2. The fraction of sp³-hybridized carbons (Fsp3) is 0.529. The van der Waals surface area contributed by atoms with Crippen molar-refractivity contribution in [3.05, 3.63) is 35.6 Å². The number of rotatable bonds is 8. The lowest BCUT2D eigenvalue weighted by Crippen LogP contribution is -2.30. The molecule has 2 rings (SSSR count). The molecule has 2 amide bonds. The van der Waals surface area contributed by atoms with Crippen LogP contribution in [0, 0.1) is 11.7 Å². The second-order valence-corrected chi connectivity index (χ2v) is 5.86. The molecule has 1 fully saturated rings. The van der Waals surface area contributed by atoms with Gasteiger partial charge in [-0.15, -0.1) is 0 Å². The molecule has 0 spiro atoms. The number of carbonyl (C=O) groups excluding carboxylic acids is 2. The largest absolute Gasteiger partial charge is 0.356 e. The van der Waals surface area contributed by atoms with Crippen LogP contribution in [-0.2, 0) is 4.79 Å². The van der Waals surface area contributed by atoms with E-state index in [9.17, 15) is 14.0 Å². The molecule has 0 radical (unpaired) electrons. The number of nitrogens with one attached hydrogen (secondary N) is 3. The van der Waals surface area contributed by atoms with Gasteiger partial charge >= 0.3 is 0 Å². The first-order valence-electron chi connectivity index (χ1n) is 8.16. The van der Waals surface area contributed by atoms with E-state index in [-0.39, 0.29) is 17.6 Å². The third kappa shape index (κ3) is 6.36. The van der Waals surface area contributed by atoms with E-state index in [1.54, 1.807) is 0 Å². The maximum atomic E-state index is 12.8. The number of halogens is 1. The molecule has 3 N–H and O–H groups in total. The molecule has 1 unspecified atom stereocenters. The minimum absolute atomic E-state index is 0.0711. The van der Waals surface area contributed by atoms with E-state index in [2.05, 4.69) is 16.0 Å². The van der Waals surface area contributed by atoms with E-state index in [0.717, 1.165) is 25.9 Å². The molecule has 0 bridgehead atoms. The van der Waals surface area contributed by atoms with Gasteiger partial charge in [-0.3, -0.25) is 9.59 Å². The van der Waals surface area contributed by atoms with E-state index >= 15 is 0 Å². The van der Waals surface area contributed by atoms with Gasteiger partial charge in [0.2, 0.25) is 5.91 Å². The van der Waals surface area contributed by atoms with E-state index in [1.807, 2.05) is 0 Å². The highest BCUT2D eigenvalue weighted by molar-refractivity contribution is 5.94. The van der Waals surface area contributed by atoms with Crippen LogP contribution in [0.4, 0.5) is 4.39 Å². The van der Waals surface area contributed by atoms with E-state index < -0.39 is 0 Å². The Morgan fingerprint density at radius 3 is 2.61 bits per heavy atom. The van der Waals surface area contributed by atoms with Crippen molar-refractivity contribution >= 4 is 11.8 Å². The standard InChI is InChI=1S/C17H24FN3O2/c18-15-5-3-14(4-6-15)17(23)21-10-1-9-20-16(22)7-2-13-8-11-19-12-13/h3-6,13,19H,1-2,7-12H2,(H,20,22)(H,21,23). The Hall–Kier alpha value is -1.95. The topological polar surface area (TPSA) is 70.2 Å². The Labute approximate surface area is 136 Å². The van der Waals surface area contributed by atoms with Crippen LogP contribution in [-0.4, -0.2) is 38.0 Å². The van der Waals surface area contributed by atoms with Crippen molar-refractivity contribution in [2.45, 2.75) is 25.7 Å². The second kappa shape index (κ2) is 9.25. The summed E-state index contributed by atoms with van der Waals surface area (Å²) in [5, 5.41) is 8.91. The fourth-order valence-corrected chi connectivity index (χ4v) is 2.61. The Kier molecular flexibility index (Phi) is 7.00. The summed E-state index contributed by atoms with van der Waals surface area (Å²) in [5.41, 5.74) is 0.431. The molecule has 1 saturated heterocycles. The third-order valence-corrected chi connectivity index (χ3v) is 4.01. The lowest BCUT2D eigenvalue weighted by molar-refractivity contribution is -0.121. The summed E-state index contributed by atoms with van der Waals surface area (Å²) >= 11 is 0. The molecule has 1 aliphatic rings. The van der Waals surface area contributed by atoms with Crippen LogP contribution in [0.25, 0.3) is 0 Å². The maximum Gasteiger partial charge on any atom is 0.251 e. The minimum atomic E-state index is -0.363. The van der Waals surface area contributed by atoms with E-state index in [0.29, 0.717) is 37.4 Å². The highest BCUT2D eigenvalue weighted by Crippen LogP contribution is 2.13. The molecular weight excluding hydrogens is 297 g/mol. The Balaban J connectivity index is 1.52. The summed E-state index contributed by atoms with van der Waals surface area (Å²) in [7, 11) is 0. The third-order valence-electron chi connectivity index (χ3n) is 4.01. The van der Waals surface area contributed by atoms with Crippen molar-refractivity contribution < 1.29 is 14.0 Å². The molecule has 6 heteroatoms. The van der Waals surface area contributed by atoms with Gasteiger partial charge in [0.15, 0.2) is 0 Å². The zero-order valence-electron chi connectivity index (χ0n) is 13.2. The first-order valence-corrected chi connectivity index (χ1v) is 8.16. The van der Waals surface area contributed by atoms with Crippen molar-refractivity contribution in [1.29, 1.82) is 0 Å². The molecule has 126 valence electrons. The Bertz CT molecular complexity index is 513. The van der Waals surface area contributed by atoms with Gasteiger partial charge in [-0.2, -0.15) is 0 Å². The molecule has 1 aromatic rings. The normalized spacial score (nSPS) is 17.0. The number of hydrogen-bond donors (Lipinski definition) is 3. The average Bonchev–Trinajstić information content (AvgIpc) is 3.06. The van der Waals surface area contributed by atoms with Crippen molar-refractivity contribution in [2.24, 2.45) is 5.92 Å². The quantitative estimate of drug-likeness (QED) is 0.635. The summed E-state index contributed by atoms with van der Waals surface area (Å²) in [6.45, 7) is 3.09. The molecular formula is C17H24FN3O2. The number of benzene rings is 1. The molecule has 1 aliphatic heterocycles. The molecule has 1 heterocycles. The van der Waals surface area contributed by atoms with Gasteiger partial charge in [0.05, 0.1) is 0 Å². The van der Waals surface area contributed by atoms with Crippen LogP contribution in [0.2, 0.25) is 0 Å². The molecule has 23 heavy (non-hydrogen) atoms. The highest BCUT2D eigenvalue weighted by atomic mass is 19.1. The van der Waals surface area contributed by atoms with Crippen molar-refractivity contribution in [1.82, 2.24) is 16.0 Å². The number of carbonyl (C=O) groups is 2. The van der Waals surface area contributed by atoms with Crippen LogP contribution < -0.4 is 16.0 Å². The predicted octanol–water partition coefficient (Wildman–Crippen LogP) is 1.45. The van der Waals surface area contributed by atoms with E-state index in [1.165, 1.54) is 24.3 Å². The predicted molar refractivity (Wildman–Crippen MR) is 86.6 cm³/mol. The van der Waals surface area contributed by atoms with Crippen LogP contribution in [0.5, 0.6) is 0 Å². The lowest BCUT2D eigenvalue weighted by Gasteiger charge is -2.09. The lowest BCUT2D eigenvalue weighted by atomic mass is 10.0. The first-order chi connectivity index (χ1) is 11.1. The summed E-state index contributed by atoms with van der Waals surface area (Å²) < 4.78 is 12.8. The monoisotopic (exact) mass is 321 g/mol. The summed E-state index contributed by atoms with van der Waals surface area (Å²) in [6.07, 6.45) is 3.32. The molecule has 5 nitrogen and oxygen atoms in total. The molecule has 0 aliphatic carbocycles. The maximum absolute atomic E-state index is 12.8. The summed E-state index contributed by atoms with van der Waals surface area (Å²) in [4.78, 5) is 23.5.